The average Bonchev–Trinajstić information content (AvgIpc) is 3.16. The molecule has 1 fully saturated rings. The molecule has 0 saturated heterocycles. The van der Waals surface area contributed by atoms with Gasteiger partial charge in [0.05, 0.1) is 12.1 Å². The summed E-state index contributed by atoms with van der Waals surface area (Å²) in [5.41, 5.74) is 0. The van der Waals surface area contributed by atoms with Crippen LogP contribution in [0.5, 0.6) is 0 Å². The van der Waals surface area contributed by atoms with Crippen molar-refractivity contribution in [1.29, 1.82) is 0 Å². The van der Waals surface area contributed by atoms with Gasteiger partial charge in [0.15, 0.2) is 5.89 Å². The number of carboxylic acids is 1. The molecule has 3 rings (SSSR count). The minimum atomic E-state index is -0.829. The predicted molar refractivity (Wildman–Crippen MR) is 69.2 cm³/mol. The molecule has 1 aromatic rings. The van der Waals surface area contributed by atoms with E-state index >= 15 is 0 Å². The van der Waals surface area contributed by atoms with E-state index in [1.807, 2.05) is 6.08 Å². The number of hydrogen-bond acceptors (Lipinski definition) is 4. The fraction of sp³-hybridized carbons (Fsp3) is 0.500. The quantitative estimate of drug-likeness (QED) is 0.816. The van der Waals surface area contributed by atoms with Crippen molar-refractivity contribution in [2.75, 3.05) is 0 Å². The summed E-state index contributed by atoms with van der Waals surface area (Å²) in [4.78, 5) is 27.1. The van der Waals surface area contributed by atoms with Crippen LogP contribution >= 0.6 is 0 Å². The molecule has 2 atom stereocenters. The molecular weight excluding hydrogens is 260 g/mol. The molecule has 1 saturated carbocycles. The normalized spacial score (nSPS) is 25.4. The molecule has 0 aliphatic heterocycles. The highest BCUT2D eigenvalue weighted by Gasteiger charge is 2.30. The van der Waals surface area contributed by atoms with Crippen LogP contribution in [0, 0.1) is 5.92 Å². The van der Waals surface area contributed by atoms with Crippen LogP contribution in [0.2, 0.25) is 0 Å². The van der Waals surface area contributed by atoms with E-state index < -0.39 is 11.9 Å². The van der Waals surface area contributed by atoms with E-state index in [0.717, 1.165) is 12.8 Å². The van der Waals surface area contributed by atoms with Crippen molar-refractivity contribution in [2.45, 2.75) is 37.6 Å². The summed E-state index contributed by atoms with van der Waals surface area (Å²) in [6.07, 6.45) is 8.10. The van der Waals surface area contributed by atoms with Crippen LogP contribution in [0.15, 0.2) is 22.8 Å². The van der Waals surface area contributed by atoms with E-state index in [1.165, 1.54) is 6.20 Å². The van der Waals surface area contributed by atoms with Gasteiger partial charge in [-0.25, -0.2) is 4.98 Å². The monoisotopic (exact) mass is 276 g/mol. The van der Waals surface area contributed by atoms with Crippen LogP contribution in [0.4, 0.5) is 0 Å². The Kier molecular flexibility index (Phi) is 3.30. The Labute approximate surface area is 115 Å². The zero-order valence-electron chi connectivity index (χ0n) is 10.9. The maximum absolute atomic E-state index is 12.0. The SMILES string of the molecule is O=C(N[C@@H]1C=CC[C@@H](C(=O)O)C1)c1cnc(C2CC2)o1. The average molecular weight is 276 g/mol. The number of allylic oxidation sites excluding steroid dienone is 1. The van der Waals surface area contributed by atoms with Crippen LogP contribution in [0.25, 0.3) is 0 Å². The smallest absolute Gasteiger partial charge is 0.306 e. The Hall–Kier alpha value is -2.11. The molecule has 0 radical (unpaired) electrons. The van der Waals surface area contributed by atoms with Crippen molar-refractivity contribution in [3.8, 4) is 0 Å². The third-order valence-corrected chi connectivity index (χ3v) is 3.67. The molecule has 0 unspecified atom stereocenters. The number of rotatable bonds is 4. The summed E-state index contributed by atoms with van der Waals surface area (Å²) < 4.78 is 5.42. The second-order valence-corrected chi connectivity index (χ2v) is 5.35. The Balaban J connectivity index is 1.61. The van der Waals surface area contributed by atoms with E-state index in [0.29, 0.717) is 24.7 Å². The minimum absolute atomic E-state index is 0.192. The molecule has 1 amide bonds. The second kappa shape index (κ2) is 5.11. The molecule has 2 N–H and O–H groups in total. The Morgan fingerprint density at radius 3 is 2.90 bits per heavy atom. The Morgan fingerprint density at radius 1 is 1.40 bits per heavy atom. The van der Waals surface area contributed by atoms with Gasteiger partial charge in [0.2, 0.25) is 5.76 Å². The lowest BCUT2D eigenvalue weighted by atomic mass is 9.91. The molecule has 106 valence electrons. The molecule has 0 spiro atoms. The van der Waals surface area contributed by atoms with E-state index in [2.05, 4.69) is 10.3 Å². The number of carbonyl (C=O) groups excluding carboxylic acids is 1. The number of nitrogens with zero attached hydrogens (tertiary/aromatic N) is 1. The fourth-order valence-corrected chi connectivity index (χ4v) is 2.35. The van der Waals surface area contributed by atoms with Crippen LogP contribution < -0.4 is 5.32 Å². The molecule has 0 aromatic carbocycles. The summed E-state index contributed by atoms with van der Waals surface area (Å²) >= 11 is 0. The van der Waals surface area contributed by atoms with Crippen molar-refractivity contribution >= 4 is 11.9 Å². The molecule has 6 nitrogen and oxygen atoms in total. The molecule has 1 aromatic heterocycles. The van der Waals surface area contributed by atoms with E-state index in [4.69, 9.17) is 9.52 Å². The first kappa shape index (κ1) is 12.9. The Bertz CT molecular complexity index is 559. The Morgan fingerprint density at radius 2 is 2.20 bits per heavy atom. The number of amides is 1. The summed E-state index contributed by atoms with van der Waals surface area (Å²) in [7, 11) is 0. The molecule has 0 bridgehead atoms. The van der Waals surface area contributed by atoms with Crippen molar-refractivity contribution in [3.05, 3.63) is 30.0 Å². The van der Waals surface area contributed by atoms with Crippen molar-refractivity contribution < 1.29 is 19.1 Å². The van der Waals surface area contributed by atoms with Gasteiger partial charge in [0.25, 0.3) is 5.91 Å². The van der Waals surface area contributed by atoms with Crippen LogP contribution in [0.3, 0.4) is 0 Å². The number of hydrogen-bond donors (Lipinski definition) is 2. The predicted octanol–water partition coefficient (Wildman–Crippen LogP) is 1.70. The second-order valence-electron chi connectivity index (χ2n) is 5.35. The molecule has 2 aliphatic rings. The first-order chi connectivity index (χ1) is 9.63. The molecule has 1 heterocycles. The van der Waals surface area contributed by atoms with Gasteiger partial charge in [0.1, 0.15) is 0 Å². The number of aromatic nitrogens is 1. The zero-order chi connectivity index (χ0) is 14.1. The third-order valence-electron chi connectivity index (χ3n) is 3.67. The lowest BCUT2D eigenvalue weighted by Gasteiger charge is -2.22. The van der Waals surface area contributed by atoms with E-state index in [9.17, 15) is 9.59 Å². The van der Waals surface area contributed by atoms with Gasteiger partial charge in [-0.2, -0.15) is 0 Å². The molecule has 6 heteroatoms. The lowest BCUT2D eigenvalue weighted by molar-refractivity contribution is -0.142. The first-order valence-corrected chi connectivity index (χ1v) is 6.79. The fourth-order valence-electron chi connectivity index (χ4n) is 2.35. The zero-order valence-corrected chi connectivity index (χ0v) is 10.9. The highest BCUT2D eigenvalue weighted by Crippen LogP contribution is 2.39. The lowest BCUT2D eigenvalue weighted by Crippen LogP contribution is -2.37. The number of carboxylic acid groups (broad SMARTS) is 1. The molecule has 2 aliphatic carbocycles. The minimum Gasteiger partial charge on any atom is -0.481 e. The number of oxazole rings is 1. The highest BCUT2D eigenvalue weighted by atomic mass is 16.4. The van der Waals surface area contributed by atoms with Crippen LogP contribution in [0.1, 0.15) is 48.0 Å². The van der Waals surface area contributed by atoms with Crippen molar-refractivity contribution in [1.82, 2.24) is 10.3 Å². The number of carbonyl (C=O) groups is 2. The number of nitrogens with one attached hydrogen (secondary N) is 1. The molecule has 20 heavy (non-hydrogen) atoms. The largest absolute Gasteiger partial charge is 0.481 e. The van der Waals surface area contributed by atoms with Crippen LogP contribution in [-0.2, 0) is 4.79 Å². The third kappa shape index (κ3) is 2.74. The van der Waals surface area contributed by atoms with Gasteiger partial charge < -0.3 is 14.8 Å². The van der Waals surface area contributed by atoms with Gasteiger partial charge in [-0.15, -0.1) is 0 Å². The van der Waals surface area contributed by atoms with E-state index in [1.54, 1.807) is 6.08 Å². The summed E-state index contributed by atoms with van der Waals surface area (Å²) in [5, 5.41) is 11.8. The van der Waals surface area contributed by atoms with Crippen molar-refractivity contribution in [2.24, 2.45) is 5.92 Å². The van der Waals surface area contributed by atoms with Crippen molar-refractivity contribution in [3.63, 3.8) is 0 Å². The van der Waals surface area contributed by atoms with Gasteiger partial charge in [-0.05, 0) is 25.7 Å². The van der Waals surface area contributed by atoms with Gasteiger partial charge in [-0.1, -0.05) is 12.2 Å². The van der Waals surface area contributed by atoms with Gasteiger partial charge in [-0.3, -0.25) is 9.59 Å². The maximum atomic E-state index is 12.0. The molecular formula is C14H16N2O4. The number of aliphatic carboxylic acids is 1. The standard InChI is InChI=1S/C14H16N2O4/c17-12(11-7-15-13(20-11)8-4-5-8)16-10-3-1-2-9(6-10)14(18)19/h1,3,7-10H,2,4-6H2,(H,16,17)(H,18,19)/t9-,10-/m1/s1. The highest BCUT2D eigenvalue weighted by molar-refractivity contribution is 5.91. The summed E-state index contributed by atoms with van der Waals surface area (Å²) in [5.74, 6) is -0.436. The topological polar surface area (TPSA) is 92.4 Å². The van der Waals surface area contributed by atoms with Crippen LogP contribution in [-0.4, -0.2) is 28.0 Å². The summed E-state index contributed by atoms with van der Waals surface area (Å²) in [6, 6.07) is -0.271. The van der Waals surface area contributed by atoms with Gasteiger partial charge >= 0.3 is 5.97 Å². The maximum Gasteiger partial charge on any atom is 0.306 e. The van der Waals surface area contributed by atoms with E-state index in [-0.39, 0.29) is 17.7 Å². The van der Waals surface area contributed by atoms with Gasteiger partial charge in [0, 0.05) is 12.0 Å². The first-order valence-electron chi connectivity index (χ1n) is 6.79. The summed E-state index contributed by atoms with van der Waals surface area (Å²) in [6.45, 7) is 0.